The molecule has 0 heterocycles. The summed E-state index contributed by atoms with van der Waals surface area (Å²) in [5, 5.41) is 3.94. The fourth-order valence-electron chi connectivity index (χ4n) is 2.53. The van der Waals surface area contributed by atoms with E-state index < -0.39 is 12.1 Å². The molecular formula is C25H21BrN2O4. The zero-order valence-electron chi connectivity index (χ0n) is 17.3. The number of carbonyl (C=O) groups is 2. The van der Waals surface area contributed by atoms with E-state index >= 15 is 0 Å². The molecule has 0 saturated heterocycles. The van der Waals surface area contributed by atoms with Crippen LogP contribution in [0.4, 0.5) is 0 Å². The first-order chi connectivity index (χ1) is 15.5. The second-order valence-corrected chi connectivity index (χ2v) is 7.60. The number of hydrogen-bond donors (Lipinski definition) is 1. The maximum absolute atomic E-state index is 12.1. The van der Waals surface area contributed by atoms with E-state index in [1.165, 1.54) is 12.3 Å². The van der Waals surface area contributed by atoms with Crippen molar-refractivity contribution >= 4 is 40.1 Å². The van der Waals surface area contributed by atoms with E-state index in [1.807, 2.05) is 42.5 Å². The molecular weight excluding hydrogens is 472 g/mol. The molecule has 0 bridgehead atoms. The third-order valence-electron chi connectivity index (χ3n) is 4.19. The molecule has 32 heavy (non-hydrogen) atoms. The van der Waals surface area contributed by atoms with Crippen LogP contribution in [0.1, 0.15) is 18.1 Å². The number of esters is 1. The largest absolute Gasteiger partial charge is 0.481 e. The average molecular weight is 493 g/mol. The molecule has 0 spiro atoms. The zero-order chi connectivity index (χ0) is 22.8. The third kappa shape index (κ3) is 7.52. The first kappa shape index (κ1) is 23.0. The van der Waals surface area contributed by atoms with Gasteiger partial charge >= 0.3 is 5.97 Å². The Bertz CT molecular complexity index is 1100. The number of ether oxygens (including phenoxy) is 2. The first-order valence-electron chi connectivity index (χ1n) is 9.80. The Morgan fingerprint density at radius 2 is 1.56 bits per heavy atom. The molecule has 0 radical (unpaired) electrons. The van der Waals surface area contributed by atoms with Gasteiger partial charge in [0, 0.05) is 10.5 Å². The topological polar surface area (TPSA) is 77.0 Å². The maximum atomic E-state index is 12.1. The van der Waals surface area contributed by atoms with Gasteiger partial charge < -0.3 is 9.47 Å². The van der Waals surface area contributed by atoms with Gasteiger partial charge in [0.25, 0.3) is 5.91 Å². The van der Waals surface area contributed by atoms with Gasteiger partial charge in [0.1, 0.15) is 11.5 Å². The van der Waals surface area contributed by atoms with Gasteiger partial charge in [-0.2, -0.15) is 5.10 Å². The summed E-state index contributed by atoms with van der Waals surface area (Å²) in [7, 11) is 0. The molecule has 7 heteroatoms. The number of hydrogen-bond acceptors (Lipinski definition) is 5. The van der Waals surface area contributed by atoms with Gasteiger partial charge in [0.05, 0.1) is 6.21 Å². The molecule has 6 nitrogen and oxygen atoms in total. The van der Waals surface area contributed by atoms with Gasteiger partial charge in [-0.1, -0.05) is 46.3 Å². The highest BCUT2D eigenvalue weighted by molar-refractivity contribution is 9.10. The molecule has 1 amide bonds. The fraction of sp³-hybridized carbons (Fsp3) is 0.0800. The van der Waals surface area contributed by atoms with Crippen LogP contribution in [-0.2, 0) is 9.59 Å². The lowest BCUT2D eigenvalue weighted by Gasteiger charge is -2.12. The zero-order valence-corrected chi connectivity index (χ0v) is 18.9. The van der Waals surface area contributed by atoms with Crippen molar-refractivity contribution in [3.05, 3.63) is 101 Å². The summed E-state index contributed by atoms with van der Waals surface area (Å²) in [4.78, 5) is 24.1. The number of nitrogens with zero attached hydrogens (tertiary/aromatic N) is 1. The van der Waals surface area contributed by atoms with E-state index in [9.17, 15) is 9.59 Å². The van der Waals surface area contributed by atoms with E-state index in [2.05, 4.69) is 26.5 Å². The Balaban J connectivity index is 1.46. The second-order valence-electron chi connectivity index (χ2n) is 6.68. The molecule has 0 aliphatic heterocycles. The number of nitrogens with one attached hydrogen (secondary N) is 1. The summed E-state index contributed by atoms with van der Waals surface area (Å²) in [5.41, 5.74) is 4.08. The van der Waals surface area contributed by atoms with Crippen molar-refractivity contribution < 1.29 is 19.1 Å². The van der Waals surface area contributed by atoms with Crippen LogP contribution >= 0.6 is 15.9 Å². The molecule has 0 unspecified atom stereocenters. The van der Waals surface area contributed by atoms with Crippen molar-refractivity contribution in [2.45, 2.75) is 13.0 Å². The second kappa shape index (κ2) is 11.6. The quantitative estimate of drug-likeness (QED) is 0.158. The van der Waals surface area contributed by atoms with E-state index in [0.717, 1.165) is 15.6 Å². The van der Waals surface area contributed by atoms with Gasteiger partial charge in [0.2, 0.25) is 0 Å². The molecule has 0 fully saturated rings. The normalized spacial score (nSPS) is 11.9. The Morgan fingerprint density at radius 3 is 2.25 bits per heavy atom. The lowest BCUT2D eigenvalue weighted by Crippen LogP contribution is -2.33. The number of amides is 1. The molecule has 162 valence electrons. The van der Waals surface area contributed by atoms with E-state index in [0.29, 0.717) is 11.5 Å². The SMILES string of the molecule is C[C@@H](Oc1ccc(Br)cc1)C(=O)N/N=C\c1ccc(OC(=O)/C=C/c2ccccc2)cc1. The molecule has 3 aromatic rings. The molecule has 3 aromatic carbocycles. The number of rotatable bonds is 8. The van der Waals surface area contributed by atoms with Crippen LogP contribution in [0.2, 0.25) is 0 Å². The van der Waals surface area contributed by atoms with Crippen molar-refractivity contribution in [2.75, 3.05) is 0 Å². The predicted octanol–water partition coefficient (Wildman–Crippen LogP) is 4.99. The minimum atomic E-state index is -0.709. The summed E-state index contributed by atoms with van der Waals surface area (Å²) in [5.74, 6) is 0.149. The van der Waals surface area contributed by atoms with Crippen LogP contribution in [0, 0.1) is 0 Å². The monoisotopic (exact) mass is 492 g/mol. The standard InChI is InChI=1S/C25H21BrN2O4/c1-18(31-22-14-10-21(26)11-15-22)25(30)28-27-17-20-7-12-23(13-8-20)32-24(29)16-9-19-5-3-2-4-6-19/h2-18H,1H3,(H,28,30)/b16-9+,27-17-/t18-/m1/s1. The molecule has 0 aliphatic carbocycles. The highest BCUT2D eigenvalue weighted by atomic mass is 79.9. The van der Waals surface area contributed by atoms with Crippen molar-refractivity contribution in [1.82, 2.24) is 5.43 Å². The van der Waals surface area contributed by atoms with Crippen LogP contribution < -0.4 is 14.9 Å². The Morgan fingerprint density at radius 1 is 0.906 bits per heavy atom. The predicted molar refractivity (Wildman–Crippen MR) is 128 cm³/mol. The number of carbonyl (C=O) groups excluding carboxylic acids is 2. The molecule has 0 aromatic heterocycles. The summed E-state index contributed by atoms with van der Waals surface area (Å²) in [6, 6.07) is 23.4. The molecule has 0 aliphatic rings. The summed E-state index contributed by atoms with van der Waals surface area (Å²) in [6.45, 7) is 1.64. The average Bonchev–Trinajstić information content (AvgIpc) is 2.81. The lowest BCUT2D eigenvalue weighted by atomic mass is 10.2. The number of benzene rings is 3. The molecule has 3 rings (SSSR count). The minimum absolute atomic E-state index is 0.375. The van der Waals surface area contributed by atoms with Crippen LogP contribution in [0.15, 0.2) is 94.5 Å². The van der Waals surface area contributed by atoms with Gasteiger partial charge in [-0.05, 0) is 72.7 Å². The van der Waals surface area contributed by atoms with Crippen molar-refractivity contribution in [3.8, 4) is 11.5 Å². The fourth-order valence-corrected chi connectivity index (χ4v) is 2.80. The lowest BCUT2D eigenvalue weighted by molar-refractivity contribution is -0.129. The van der Waals surface area contributed by atoms with Gasteiger partial charge in [0.15, 0.2) is 6.10 Å². The van der Waals surface area contributed by atoms with E-state index in [4.69, 9.17) is 9.47 Å². The van der Waals surface area contributed by atoms with Gasteiger partial charge in [-0.15, -0.1) is 0 Å². The molecule has 1 atom stereocenters. The van der Waals surface area contributed by atoms with Gasteiger partial charge in [-0.25, -0.2) is 10.2 Å². The van der Waals surface area contributed by atoms with Crippen LogP contribution in [-0.4, -0.2) is 24.2 Å². The summed E-state index contributed by atoms with van der Waals surface area (Å²) < 4.78 is 11.8. The van der Waals surface area contributed by atoms with Crippen LogP contribution in [0.25, 0.3) is 6.08 Å². The van der Waals surface area contributed by atoms with Crippen molar-refractivity contribution in [2.24, 2.45) is 5.10 Å². The number of hydrazone groups is 1. The van der Waals surface area contributed by atoms with Crippen molar-refractivity contribution in [1.29, 1.82) is 0 Å². The minimum Gasteiger partial charge on any atom is -0.481 e. The van der Waals surface area contributed by atoms with E-state index in [1.54, 1.807) is 49.4 Å². The number of halogens is 1. The first-order valence-corrected chi connectivity index (χ1v) is 10.6. The summed E-state index contributed by atoms with van der Waals surface area (Å²) in [6.07, 6.45) is 3.84. The molecule has 1 N–H and O–H groups in total. The maximum Gasteiger partial charge on any atom is 0.336 e. The molecule has 0 saturated carbocycles. The Hall–Kier alpha value is -3.71. The van der Waals surface area contributed by atoms with Crippen LogP contribution in [0.3, 0.4) is 0 Å². The Labute approximate surface area is 194 Å². The van der Waals surface area contributed by atoms with Crippen molar-refractivity contribution in [3.63, 3.8) is 0 Å². The van der Waals surface area contributed by atoms with Crippen LogP contribution in [0.5, 0.6) is 11.5 Å². The summed E-state index contributed by atoms with van der Waals surface area (Å²) >= 11 is 3.35. The van der Waals surface area contributed by atoms with Gasteiger partial charge in [-0.3, -0.25) is 4.79 Å². The highest BCUT2D eigenvalue weighted by Crippen LogP contribution is 2.17. The van der Waals surface area contributed by atoms with E-state index in [-0.39, 0.29) is 5.91 Å². The smallest absolute Gasteiger partial charge is 0.336 e. The third-order valence-corrected chi connectivity index (χ3v) is 4.72. The Kier molecular flexibility index (Phi) is 8.34. The highest BCUT2D eigenvalue weighted by Gasteiger charge is 2.13.